The second kappa shape index (κ2) is 9.32. The number of nitrogens with zero attached hydrogens (tertiary/aromatic N) is 2. The van der Waals surface area contributed by atoms with Crippen molar-refractivity contribution in [3.8, 4) is 22.9 Å². The molecule has 0 bridgehead atoms. The van der Waals surface area contributed by atoms with Gasteiger partial charge in [0.05, 0.1) is 25.1 Å². The second-order valence-electron chi connectivity index (χ2n) is 10.4. The molecule has 4 heterocycles. The normalized spacial score (nSPS) is 20.9. The van der Waals surface area contributed by atoms with E-state index in [1.165, 1.54) is 12.1 Å². The van der Waals surface area contributed by atoms with Gasteiger partial charge in [-0.2, -0.15) is 0 Å². The Morgan fingerprint density at radius 2 is 1.92 bits per heavy atom. The van der Waals surface area contributed by atoms with Crippen molar-refractivity contribution in [2.45, 2.75) is 44.2 Å². The van der Waals surface area contributed by atoms with E-state index < -0.39 is 11.4 Å². The van der Waals surface area contributed by atoms with Gasteiger partial charge >= 0.3 is 0 Å². The van der Waals surface area contributed by atoms with Crippen molar-refractivity contribution >= 4 is 5.91 Å². The van der Waals surface area contributed by atoms with Crippen LogP contribution in [-0.4, -0.2) is 60.7 Å². The van der Waals surface area contributed by atoms with Crippen LogP contribution >= 0.6 is 0 Å². The number of benzene rings is 2. The molecule has 2 fully saturated rings. The molecule has 1 spiro atoms. The molecule has 2 saturated heterocycles. The molecule has 0 unspecified atom stereocenters. The highest BCUT2D eigenvalue weighted by atomic mass is 19.1. The first-order chi connectivity index (χ1) is 18.3. The quantitative estimate of drug-likeness (QED) is 0.485. The largest absolute Gasteiger partial charge is 0.493 e. The van der Waals surface area contributed by atoms with Crippen LogP contribution in [0, 0.1) is 5.82 Å². The maximum atomic E-state index is 14.0. The van der Waals surface area contributed by atoms with Crippen molar-refractivity contribution in [1.29, 1.82) is 0 Å². The maximum absolute atomic E-state index is 14.0. The number of amides is 1. The summed E-state index contributed by atoms with van der Waals surface area (Å²) in [5.74, 6) is 0.499. The standard InChI is InChI=1S/C29H31FN2O6/c1-28(2)36-18-21(37-28)17-35-23-9-6-19(15-25(23)34-3)27(33)31-13-10-29(11-14-31)26-5-4-12-32(26)22-8-7-20(30)16-24(22)38-29/h4-9,12,15-16,21H,10-11,13-14,17-18H2,1-3H3/t21-/m1/s1. The fourth-order valence-electron chi connectivity index (χ4n) is 5.55. The molecule has 0 radical (unpaired) electrons. The van der Waals surface area contributed by atoms with Crippen molar-refractivity contribution in [1.82, 2.24) is 9.47 Å². The van der Waals surface area contributed by atoms with Crippen LogP contribution < -0.4 is 14.2 Å². The van der Waals surface area contributed by atoms with Crippen LogP contribution in [0.2, 0.25) is 0 Å². The molecule has 2 aromatic carbocycles. The SMILES string of the molecule is COc1cc(C(=O)N2CCC3(CC2)Oc2cc(F)ccc2-n2cccc23)ccc1OC[C@@H]1COC(C)(C)O1. The molecule has 38 heavy (non-hydrogen) atoms. The lowest BCUT2D eigenvalue weighted by molar-refractivity contribution is -0.141. The smallest absolute Gasteiger partial charge is 0.253 e. The van der Waals surface area contributed by atoms with Gasteiger partial charge in [0.2, 0.25) is 0 Å². The number of carbonyl (C=O) groups is 1. The van der Waals surface area contributed by atoms with Crippen LogP contribution in [0.25, 0.3) is 5.69 Å². The zero-order chi connectivity index (χ0) is 26.5. The summed E-state index contributed by atoms with van der Waals surface area (Å²) in [6.07, 6.45) is 2.98. The van der Waals surface area contributed by atoms with Gasteiger partial charge in [-0.05, 0) is 56.3 Å². The van der Waals surface area contributed by atoms with Gasteiger partial charge in [0.25, 0.3) is 5.91 Å². The minimum atomic E-state index is -0.618. The third kappa shape index (κ3) is 4.39. The van der Waals surface area contributed by atoms with E-state index >= 15 is 0 Å². The van der Waals surface area contributed by atoms with Crippen LogP contribution in [-0.2, 0) is 15.1 Å². The van der Waals surface area contributed by atoms with Crippen molar-refractivity contribution < 1.29 is 32.9 Å². The molecule has 6 rings (SSSR count). The van der Waals surface area contributed by atoms with E-state index in [0.717, 1.165) is 11.4 Å². The van der Waals surface area contributed by atoms with Crippen LogP contribution in [0.5, 0.6) is 17.2 Å². The van der Waals surface area contributed by atoms with Crippen molar-refractivity contribution in [2.24, 2.45) is 0 Å². The Bertz CT molecular complexity index is 1360. The molecule has 3 aromatic rings. The summed E-state index contributed by atoms with van der Waals surface area (Å²) >= 11 is 0. The Kier molecular flexibility index (Phi) is 6.07. The predicted octanol–water partition coefficient (Wildman–Crippen LogP) is 4.68. The monoisotopic (exact) mass is 522 g/mol. The number of carbonyl (C=O) groups excluding carboxylic acids is 1. The molecule has 1 atom stereocenters. The molecule has 0 aliphatic carbocycles. The Balaban J connectivity index is 1.14. The van der Waals surface area contributed by atoms with Gasteiger partial charge in [-0.3, -0.25) is 4.79 Å². The van der Waals surface area contributed by atoms with E-state index in [0.29, 0.717) is 62.0 Å². The van der Waals surface area contributed by atoms with Gasteiger partial charge < -0.3 is 33.2 Å². The number of ether oxygens (including phenoxy) is 5. The van der Waals surface area contributed by atoms with Crippen molar-refractivity contribution in [2.75, 3.05) is 33.4 Å². The van der Waals surface area contributed by atoms with E-state index in [9.17, 15) is 9.18 Å². The molecule has 0 saturated carbocycles. The molecule has 0 N–H and O–H groups in total. The lowest BCUT2D eigenvalue weighted by atomic mass is 9.86. The summed E-state index contributed by atoms with van der Waals surface area (Å²) in [6.45, 7) is 5.52. The Morgan fingerprint density at radius 1 is 1.11 bits per heavy atom. The Morgan fingerprint density at radius 3 is 2.66 bits per heavy atom. The second-order valence-corrected chi connectivity index (χ2v) is 10.4. The minimum Gasteiger partial charge on any atom is -0.493 e. The van der Waals surface area contributed by atoms with E-state index in [2.05, 4.69) is 4.57 Å². The molecule has 1 amide bonds. The predicted molar refractivity (Wildman–Crippen MR) is 137 cm³/mol. The number of hydrogen-bond acceptors (Lipinski definition) is 6. The highest BCUT2D eigenvalue weighted by Crippen LogP contribution is 2.45. The first-order valence-electron chi connectivity index (χ1n) is 12.9. The fourth-order valence-corrected chi connectivity index (χ4v) is 5.55. The molecule has 3 aliphatic heterocycles. The summed E-state index contributed by atoms with van der Waals surface area (Å²) in [6, 6.07) is 13.8. The lowest BCUT2D eigenvalue weighted by Crippen LogP contribution is -2.50. The van der Waals surface area contributed by atoms with Crippen LogP contribution in [0.3, 0.4) is 0 Å². The van der Waals surface area contributed by atoms with Gasteiger partial charge in [-0.25, -0.2) is 4.39 Å². The van der Waals surface area contributed by atoms with Gasteiger partial charge in [0, 0.05) is 43.8 Å². The zero-order valence-corrected chi connectivity index (χ0v) is 21.7. The zero-order valence-electron chi connectivity index (χ0n) is 21.7. The van der Waals surface area contributed by atoms with Gasteiger partial charge in [0.1, 0.15) is 24.3 Å². The first kappa shape index (κ1) is 24.8. The number of rotatable bonds is 5. The van der Waals surface area contributed by atoms with E-state index in [1.807, 2.05) is 37.1 Å². The van der Waals surface area contributed by atoms with Gasteiger partial charge in [-0.1, -0.05) is 0 Å². The summed E-state index contributed by atoms with van der Waals surface area (Å²) in [5.41, 5.74) is 1.75. The van der Waals surface area contributed by atoms with E-state index in [-0.39, 0.29) is 17.8 Å². The number of methoxy groups -OCH3 is 1. The Hall–Kier alpha value is -3.56. The number of piperidine rings is 1. The van der Waals surface area contributed by atoms with E-state index in [4.69, 9.17) is 23.7 Å². The van der Waals surface area contributed by atoms with E-state index in [1.54, 1.807) is 31.4 Å². The number of hydrogen-bond donors (Lipinski definition) is 0. The molecular formula is C29H31FN2O6. The van der Waals surface area contributed by atoms with Crippen molar-refractivity contribution in [3.05, 3.63) is 71.8 Å². The third-order valence-corrected chi connectivity index (χ3v) is 7.46. The highest BCUT2D eigenvalue weighted by Gasteiger charge is 2.44. The lowest BCUT2D eigenvalue weighted by Gasteiger charge is -2.45. The third-order valence-electron chi connectivity index (χ3n) is 7.46. The van der Waals surface area contributed by atoms with Gasteiger partial charge in [-0.15, -0.1) is 0 Å². The summed E-state index contributed by atoms with van der Waals surface area (Å²) < 4.78 is 45.3. The molecule has 1 aromatic heterocycles. The average molecular weight is 523 g/mol. The molecular weight excluding hydrogens is 491 g/mol. The summed E-state index contributed by atoms with van der Waals surface area (Å²) in [7, 11) is 1.55. The Labute approximate surface area is 220 Å². The van der Waals surface area contributed by atoms with Crippen LogP contribution in [0.15, 0.2) is 54.7 Å². The molecule has 3 aliphatic rings. The number of aromatic nitrogens is 1. The van der Waals surface area contributed by atoms with Crippen LogP contribution in [0.4, 0.5) is 4.39 Å². The van der Waals surface area contributed by atoms with Gasteiger partial charge in [0.15, 0.2) is 22.9 Å². The summed E-state index contributed by atoms with van der Waals surface area (Å²) in [4.78, 5) is 15.2. The molecule has 200 valence electrons. The molecule has 9 heteroatoms. The fraction of sp³-hybridized carbons (Fsp3) is 0.414. The summed E-state index contributed by atoms with van der Waals surface area (Å²) in [5, 5.41) is 0. The minimum absolute atomic E-state index is 0.0865. The maximum Gasteiger partial charge on any atom is 0.253 e. The number of fused-ring (bicyclic) bond motifs is 4. The molecule has 8 nitrogen and oxygen atoms in total. The highest BCUT2D eigenvalue weighted by molar-refractivity contribution is 5.95. The number of likely N-dealkylation sites (tertiary alicyclic amines) is 1. The first-order valence-corrected chi connectivity index (χ1v) is 12.9. The van der Waals surface area contributed by atoms with Crippen LogP contribution in [0.1, 0.15) is 42.7 Å². The average Bonchev–Trinajstić information content (AvgIpc) is 3.54. The van der Waals surface area contributed by atoms with Crippen molar-refractivity contribution in [3.63, 3.8) is 0 Å². The topological polar surface area (TPSA) is 71.4 Å². The number of halogens is 1.